The zero-order valence-electron chi connectivity index (χ0n) is 12.1. The van der Waals surface area contributed by atoms with E-state index in [-0.39, 0.29) is 11.9 Å². The van der Waals surface area contributed by atoms with Gasteiger partial charge in [-0.3, -0.25) is 4.79 Å². The molecule has 20 heavy (non-hydrogen) atoms. The molecule has 0 radical (unpaired) electrons. The third kappa shape index (κ3) is 3.85. The quantitative estimate of drug-likeness (QED) is 0.886. The molecular formula is C17H20N2O. The molecule has 0 bridgehead atoms. The number of carbonyl (C=O) groups is 1. The SMILES string of the molecule is Cc1cc(C)cc(N[C@H](C)C(=O)Nc2ccccc2)c1. The molecule has 0 saturated carbocycles. The highest BCUT2D eigenvalue weighted by molar-refractivity contribution is 5.96. The average molecular weight is 268 g/mol. The zero-order chi connectivity index (χ0) is 14.5. The Labute approximate surface area is 120 Å². The van der Waals surface area contributed by atoms with E-state index in [4.69, 9.17) is 0 Å². The van der Waals surface area contributed by atoms with E-state index >= 15 is 0 Å². The van der Waals surface area contributed by atoms with Crippen molar-refractivity contribution < 1.29 is 4.79 Å². The van der Waals surface area contributed by atoms with Crippen LogP contribution < -0.4 is 10.6 Å². The fourth-order valence-electron chi connectivity index (χ4n) is 2.15. The van der Waals surface area contributed by atoms with Gasteiger partial charge in [0, 0.05) is 11.4 Å². The summed E-state index contributed by atoms with van der Waals surface area (Å²) in [6.07, 6.45) is 0. The van der Waals surface area contributed by atoms with Crippen LogP contribution in [-0.2, 0) is 4.79 Å². The first kappa shape index (κ1) is 14.1. The predicted molar refractivity (Wildman–Crippen MR) is 84.1 cm³/mol. The third-order valence-electron chi connectivity index (χ3n) is 3.04. The van der Waals surface area contributed by atoms with Gasteiger partial charge in [-0.2, -0.15) is 0 Å². The lowest BCUT2D eigenvalue weighted by Crippen LogP contribution is -2.31. The highest BCUT2D eigenvalue weighted by Crippen LogP contribution is 2.15. The summed E-state index contributed by atoms with van der Waals surface area (Å²) in [7, 11) is 0. The van der Waals surface area contributed by atoms with E-state index in [2.05, 4.69) is 16.7 Å². The molecule has 3 heteroatoms. The van der Waals surface area contributed by atoms with Gasteiger partial charge < -0.3 is 10.6 Å². The van der Waals surface area contributed by atoms with Crippen molar-refractivity contribution >= 4 is 17.3 Å². The molecule has 0 fully saturated rings. The van der Waals surface area contributed by atoms with Crippen molar-refractivity contribution in [3.05, 3.63) is 59.7 Å². The lowest BCUT2D eigenvalue weighted by Gasteiger charge is -2.16. The van der Waals surface area contributed by atoms with Gasteiger partial charge in [0.2, 0.25) is 5.91 Å². The summed E-state index contributed by atoms with van der Waals surface area (Å²) in [5, 5.41) is 6.12. The molecule has 0 aliphatic heterocycles. The number of para-hydroxylation sites is 1. The second-order valence-electron chi connectivity index (χ2n) is 5.10. The molecule has 0 saturated heterocycles. The van der Waals surface area contributed by atoms with Gasteiger partial charge in [-0.05, 0) is 56.2 Å². The van der Waals surface area contributed by atoms with Crippen molar-refractivity contribution in [2.75, 3.05) is 10.6 Å². The number of benzene rings is 2. The first-order chi connectivity index (χ1) is 9.54. The molecule has 1 amide bonds. The molecule has 1 atom stereocenters. The molecule has 0 spiro atoms. The normalized spacial score (nSPS) is 11.8. The zero-order valence-corrected chi connectivity index (χ0v) is 12.1. The number of carbonyl (C=O) groups excluding carboxylic acids is 1. The molecular weight excluding hydrogens is 248 g/mol. The Hall–Kier alpha value is -2.29. The van der Waals surface area contributed by atoms with Crippen LogP contribution in [0.25, 0.3) is 0 Å². The molecule has 104 valence electrons. The summed E-state index contributed by atoms with van der Waals surface area (Å²) in [5.74, 6) is -0.0460. The lowest BCUT2D eigenvalue weighted by atomic mass is 10.1. The molecule has 2 aromatic carbocycles. The minimum atomic E-state index is -0.295. The Morgan fingerprint density at radius 1 is 0.950 bits per heavy atom. The first-order valence-electron chi connectivity index (χ1n) is 6.75. The summed E-state index contributed by atoms with van der Waals surface area (Å²) in [6.45, 7) is 5.95. The fourth-order valence-corrected chi connectivity index (χ4v) is 2.15. The van der Waals surface area contributed by atoms with Crippen LogP contribution in [0.15, 0.2) is 48.5 Å². The summed E-state index contributed by atoms with van der Waals surface area (Å²) in [5.41, 5.74) is 4.15. The van der Waals surface area contributed by atoms with E-state index in [1.54, 1.807) is 0 Å². The Morgan fingerprint density at radius 3 is 2.15 bits per heavy atom. The second-order valence-corrected chi connectivity index (χ2v) is 5.10. The van der Waals surface area contributed by atoms with Crippen molar-refractivity contribution in [3.63, 3.8) is 0 Å². The Bertz CT molecular complexity index is 573. The third-order valence-corrected chi connectivity index (χ3v) is 3.04. The number of rotatable bonds is 4. The van der Waals surface area contributed by atoms with Crippen LogP contribution in [0.3, 0.4) is 0 Å². The minimum Gasteiger partial charge on any atom is -0.374 e. The summed E-state index contributed by atoms with van der Waals surface area (Å²) >= 11 is 0. The van der Waals surface area contributed by atoms with E-state index in [9.17, 15) is 4.79 Å². The van der Waals surface area contributed by atoms with E-state index in [0.717, 1.165) is 11.4 Å². The predicted octanol–water partition coefficient (Wildman–Crippen LogP) is 3.74. The van der Waals surface area contributed by atoms with Crippen LogP contribution in [0, 0.1) is 13.8 Å². The maximum Gasteiger partial charge on any atom is 0.246 e. The van der Waals surface area contributed by atoms with Gasteiger partial charge in [0.15, 0.2) is 0 Å². The van der Waals surface area contributed by atoms with Crippen LogP contribution in [0.4, 0.5) is 11.4 Å². The highest BCUT2D eigenvalue weighted by atomic mass is 16.2. The molecule has 0 aromatic heterocycles. The molecule has 2 N–H and O–H groups in total. The first-order valence-corrected chi connectivity index (χ1v) is 6.75. The maximum absolute atomic E-state index is 12.1. The van der Waals surface area contributed by atoms with Gasteiger partial charge in [-0.25, -0.2) is 0 Å². The Morgan fingerprint density at radius 2 is 1.55 bits per heavy atom. The van der Waals surface area contributed by atoms with Crippen molar-refractivity contribution in [2.45, 2.75) is 26.8 Å². The fraction of sp³-hybridized carbons (Fsp3) is 0.235. The second kappa shape index (κ2) is 6.24. The van der Waals surface area contributed by atoms with Gasteiger partial charge >= 0.3 is 0 Å². The number of amides is 1. The number of aryl methyl sites for hydroxylation is 2. The molecule has 2 rings (SSSR count). The van der Waals surface area contributed by atoms with Gasteiger partial charge in [-0.15, -0.1) is 0 Å². The van der Waals surface area contributed by atoms with Crippen LogP contribution in [-0.4, -0.2) is 11.9 Å². The maximum atomic E-state index is 12.1. The minimum absolute atomic E-state index is 0.0460. The van der Waals surface area contributed by atoms with Crippen molar-refractivity contribution in [1.82, 2.24) is 0 Å². The van der Waals surface area contributed by atoms with Crippen molar-refractivity contribution in [2.24, 2.45) is 0 Å². The van der Waals surface area contributed by atoms with Crippen molar-refractivity contribution in [3.8, 4) is 0 Å². The highest BCUT2D eigenvalue weighted by Gasteiger charge is 2.12. The van der Waals surface area contributed by atoms with Gasteiger partial charge in [0.1, 0.15) is 6.04 Å². The Kier molecular flexibility index (Phi) is 4.41. The van der Waals surface area contributed by atoms with Crippen LogP contribution in [0.5, 0.6) is 0 Å². The van der Waals surface area contributed by atoms with Crippen LogP contribution >= 0.6 is 0 Å². The van der Waals surface area contributed by atoms with E-state index in [0.29, 0.717) is 0 Å². The summed E-state index contributed by atoms with van der Waals surface area (Å²) < 4.78 is 0. The van der Waals surface area contributed by atoms with Gasteiger partial charge in [0.05, 0.1) is 0 Å². The van der Waals surface area contributed by atoms with Gasteiger partial charge in [0.25, 0.3) is 0 Å². The van der Waals surface area contributed by atoms with Crippen LogP contribution in [0.2, 0.25) is 0 Å². The number of hydrogen-bond donors (Lipinski definition) is 2. The molecule has 0 aliphatic carbocycles. The van der Waals surface area contributed by atoms with Gasteiger partial charge in [-0.1, -0.05) is 24.3 Å². The van der Waals surface area contributed by atoms with Crippen molar-refractivity contribution in [1.29, 1.82) is 0 Å². The molecule has 2 aromatic rings. The topological polar surface area (TPSA) is 41.1 Å². The Balaban J connectivity index is 2.00. The average Bonchev–Trinajstić information content (AvgIpc) is 2.38. The smallest absolute Gasteiger partial charge is 0.246 e. The lowest BCUT2D eigenvalue weighted by molar-refractivity contribution is -0.116. The number of hydrogen-bond acceptors (Lipinski definition) is 2. The largest absolute Gasteiger partial charge is 0.374 e. The van der Waals surface area contributed by atoms with E-state index < -0.39 is 0 Å². The number of nitrogens with one attached hydrogen (secondary N) is 2. The van der Waals surface area contributed by atoms with Crippen LogP contribution in [0.1, 0.15) is 18.1 Å². The standard InChI is InChI=1S/C17H20N2O/c1-12-9-13(2)11-16(10-12)18-14(3)17(20)19-15-7-5-4-6-8-15/h4-11,14,18H,1-3H3,(H,19,20)/t14-/m1/s1. The molecule has 0 heterocycles. The number of anilines is 2. The van der Waals surface area contributed by atoms with E-state index in [1.807, 2.05) is 63.2 Å². The monoisotopic (exact) mass is 268 g/mol. The summed E-state index contributed by atoms with van der Waals surface area (Å²) in [4.78, 5) is 12.1. The molecule has 0 unspecified atom stereocenters. The summed E-state index contributed by atoms with van der Waals surface area (Å²) in [6, 6.07) is 15.4. The van der Waals surface area contributed by atoms with E-state index in [1.165, 1.54) is 11.1 Å². The molecule has 0 aliphatic rings. The molecule has 3 nitrogen and oxygen atoms in total.